The predicted octanol–water partition coefficient (Wildman–Crippen LogP) is 1.72. The molecule has 2 aliphatic heterocycles. The van der Waals surface area contributed by atoms with E-state index in [4.69, 9.17) is 0 Å². The lowest BCUT2D eigenvalue weighted by Crippen LogP contribution is -2.17. The number of hydrogen-bond acceptors (Lipinski definition) is 2. The van der Waals surface area contributed by atoms with Crippen LogP contribution in [0.15, 0.2) is 24.3 Å². The van der Waals surface area contributed by atoms with Gasteiger partial charge in [0.05, 0.1) is 5.92 Å². The quantitative estimate of drug-likeness (QED) is 0.790. The fraction of sp³-hybridized carbons (Fsp3) is 0.462. The number of carbonyl (C=O) groups is 1. The summed E-state index contributed by atoms with van der Waals surface area (Å²) in [6.45, 7) is 2.16. The van der Waals surface area contributed by atoms with Crippen molar-refractivity contribution in [2.24, 2.45) is 5.92 Å². The summed E-state index contributed by atoms with van der Waals surface area (Å²) in [6.07, 6.45) is 2.18. The van der Waals surface area contributed by atoms with Gasteiger partial charge in [-0.25, -0.2) is 0 Å². The molecule has 2 N–H and O–H groups in total. The van der Waals surface area contributed by atoms with E-state index in [1.54, 1.807) is 0 Å². The maximum atomic E-state index is 11.9. The van der Waals surface area contributed by atoms with E-state index in [1.807, 2.05) is 18.2 Å². The molecule has 3 nitrogen and oxygen atoms in total. The molecule has 3 heteroatoms. The van der Waals surface area contributed by atoms with E-state index in [0.717, 1.165) is 25.2 Å². The van der Waals surface area contributed by atoms with E-state index >= 15 is 0 Å². The van der Waals surface area contributed by atoms with Gasteiger partial charge in [0.1, 0.15) is 0 Å². The van der Waals surface area contributed by atoms with Crippen molar-refractivity contribution in [1.29, 1.82) is 0 Å². The zero-order valence-corrected chi connectivity index (χ0v) is 9.20. The van der Waals surface area contributed by atoms with E-state index in [-0.39, 0.29) is 11.8 Å². The monoisotopic (exact) mass is 216 g/mol. The second-order valence-electron chi connectivity index (χ2n) is 4.72. The van der Waals surface area contributed by atoms with Crippen molar-refractivity contribution in [3.05, 3.63) is 29.8 Å². The number of anilines is 1. The molecule has 2 aliphatic rings. The summed E-state index contributed by atoms with van der Waals surface area (Å²) in [5.74, 6) is 0.899. The van der Waals surface area contributed by atoms with E-state index in [0.29, 0.717) is 5.92 Å². The van der Waals surface area contributed by atoms with Crippen molar-refractivity contribution in [3.8, 4) is 0 Å². The first-order chi connectivity index (χ1) is 7.84. The van der Waals surface area contributed by atoms with Gasteiger partial charge in [0.2, 0.25) is 5.91 Å². The third-order valence-corrected chi connectivity index (χ3v) is 3.64. The number of fused-ring (bicyclic) bond motifs is 1. The maximum absolute atomic E-state index is 11.9. The van der Waals surface area contributed by atoms with E-state index in [2.05, 4.69) is 16.7 Å². The van der Waals surface area contributed by atoms with Gasteiger partial charge in [-0.3, -0.25) is 4.79 Å². The first-order valence-electron chi connectivity index (χ1n) is 5.95. The molecule has 1 aromatic carbocycles. The van der Waals surface area contributed by atoms with Crippen LogP contribution in [0.4, 0.5) is 5.69 Å². The molecule has 0 aliphatic carbocycles. The molecule has 0 bridgehead atoms. The number of benzene rings is 1. The second kappa shape index (κ2) is 3.91. The van der Waals surface area contributed by atoms with Crippen LogP contribution in [-0.4, -0.2) is 19.0 Å². The standard InChI is InChI=1S/C13H16N2O/c16-13-11(7-9-5-6-14-8-9)10-3-1-2-4-12(10)15-13/h1-4,9,11,14H,5-8H2,(H,15,16). The third kappa shape index (κ3) is 1.61. The summed E-state index contributed by atoms with van der Waals surface area (Å²) in [4.78, 5) is 11.9. The van der Waals surface area contributed by atoms with Gasteiger partial charge in [0.25, 0.3) is 0 Å². The van der Waals surface area contributed by atoms with Crippen LogP contribution in [0.25, 0.3) is 0 Å². The molecule has 1 fully saturated rings. The van der Waals surface area contributed by atoms with E-state index < -0.39 is 0 Å². The topological polar surface area (TPSA) is 41.1 Å². The maximum Gasteiger partial charge on any atom is 0.232 e. The van der Waals surface area contributed by atoms with E-state index in [9.17, 15) is 4.79 Å². The molecule has 0 radical (unpaired) electrons. The molecule has 84 valence electrons. The lowest BCUT2D eigenvalue weighted by atomic mass is 9.89. The normalized spacial score (nSPS) is 27.9. The minimum Gasteiger partial charge on any atom is -0.325 e. The van der Waals surface area contributed by atoms with Crippen molar-refractivity contribution in [1.82, 2.24) is 5.32 Å². The fourth-order valence-electron chi connectivity index (χ4n) is 2.76. The molecule has 2 atom stereocenters. The average Bonchev–Trinajstić information content (AvgIpc) is 2.89. The van der Waals surface area contributed by atoms with Crippen molar-refractivity contribution >= 4 is 11.6 Å². The molecular formula is C13H16N2O. The Bertz CT molecular complexity index is 410. The van der Waals surface area contributed by atoms with Gasteiger partial charge in [0.15, 0.2) is 0 Å². The number of hydrogen-bond donors (Lipinski definition) is 2. The highest BCUT2D eigenvalue weighted by atomic mass is 16.2. The molecule has 0 aromatic heterocycles. The second-order valence-corrected chi connectivity index (χ2v) is 4.72. The summed E-state index contributed by atoms with van der Waals surface area (Å²) in [5, 5.41) is 6.32. The predicted molar refractivity (Wildman–Crippen MR) is 63.4 cm³/mol. The molecule has 1 amide bonds. The van der Waals surface area contributed by atoms with Crippen LogP contribution >= 0.6 is 0 Å². The molecule has 2 unspecified atom stereocenters. The van der Waals surface area contributed by atoms with Crippen LogP contribution in [0.3, 0.4) is 0 Å². The molecule has 1 aromatic rings. The Kier molecular flexibility index (Phi) is 2.40. The zero-order chi connectivity index (χ0) is 11.0. The van der Waals surface area contributed by atoms with Crippen molar-refractivity contribution in [3.63, 3.8) is 0 Å². The van der Waals surface area contributed by atoms with E-state index in [1.165, 1.54) is 12.0 Å². The highest BCUT2D eigenvalue weighted by Gasteiger charge is 2.32. The largest absolute Gasteiger partial charge is 0.325 e. The first kappa shape index (κ1) is 9.85. The molecule has 0 spiro atoms. The Balaban J connectivity index is 1.81. The Morgan fingerprint density at radius 3 is 3.00 bits per heavy atom. The van der Waals surface area contributed by atoms with Gasteiger partial charge in [-0.05, 0) is 43.5 Å². The van der Waals surface area contributed by atoms with Gasteiger partial charge < -0.3 is 10.6 Å². The third-order valence-electron chi connectivity index (χ3n) is 3.64. The Hall–Kier alpha value is -1.35. The molecule has 16 heavy (non-hydrogen) atoms. The SMILES string of the molecule is O=C1Nc2ccccc2C1CC1CCNC1. The Morgan fingerprint density at radius 1 is 1.31 bits per heavy atom. The van der Waals surface area contributed by atoms with Crippen LogP contribution in [0.2, 0.25) is 0 Å². The lowest BCUT2D eigenvalue weighted by molar-refractivity contribution is -0.117. The first-order valence-corrected chi connectivity index (χ1v) is 5.95. The summed E-state index contributed by atoms with van der Waals surface area (Å²) in [6, 6.07) is 8.04. The van der Waals surface area contributed by atoms with Crippen LogP contribution < -0.4 is 10.6 Å². The minimum absolute atomic E-state index is 0.0705. The molecule has 2 heterocycles. The number of nitrogens with one attached hydrogen (secondary N) is 2. The Labute approximate surface area is 95.2 Å². The van der Waals surface area contributed by atoms with Crippen LogP contribution in [0.5, 0.6) is 0 Å². The van der Waals surface area contributed by atoms with Crippen LogP contribution in [0.1, 0.15) is 24.3 Å². The molecule has 0 saturated carbocycles. The zero-order valence-electron chi connectivity index (χ0n) is 9.20. The van der Waals surface area contributed by atoms with Gasteiger partial charge in [-0.1, -0.05) is 18.2 Å². The van der Waals surface area contributed by atoms with Crippen molar-refractivity contribution in [2.45, 2.75) is 18.8 Å². The van der Waals surface area contributed by atoms with Crippen molar-refractivity contribution in [2.75, 3.05) is 18.4 Å². The highest BCUT2D eigenvalue weighted by molar-refractivity contribution is 6.02. The number of rotatable bonds is 2. The molecule has 3 rings (SSSR count). The number of amides is 1. The number of para-hydroxylation sites is 1. The Morgan fingerprint density at radius 2 is 2.19 bits per heavy atom. The smallest absolute Gasteiger partial charge is 0.232 e. The van der Waals surface area contributed by atoms with Crippen molar-refractivity contribution < 1.29 is 4.79 Å². The van der Waals surface area contributed by atoms with Gasteiger partial charge in [0, 0.05) is 5.69 Å². The van der Waals surface area contributed by atoms with Gasteiger partial charge in [-0.2, -0.15) is 0 Å². The summed E-state index contributed by atoms with van der Waals surface area (Å²) >= 11 is 0. The van der Waals surface area contributed by atoms with Crippen LogP contribution in [0, 0.1) is 5.92 Å². The summed E-state index contributed by atoms with van der Waals surface area (Å²) < 4.78 is 0. The minimum atomic E-state index is 0.0705. The van der Waals surface area contributed by atoms with Gasteiger partial charge in [-0.15, -0.1) is 0 Å². The highest BCUT2D eigenvalue weighted by Crippen LogP contribution is 2.37. The lowest BCUT2D eigenvalue weighted by Gasteiger charge is -2.13. The van der Waals surface area contributed by atoms with Gasteiger partial charge >= 0.3 is 0 Å². The molecule has 1 saturated heterocycles. The number of carbonyl (C=O) groups excluding carboxylic acids is 1. The van der Waals surface area contributed by atoms with Crippen LogP contribution in [-0.2, 0) is 4.79 Å². The summed E-state index contributed by atoms with van der Waals surface area (Å²) in [5.41, 5.74) is 2.18. The fourth-order valence-corrected chi connectivity index (χ4v) is 2.76. The molecular weight excluding hydrogens is 200 g/mol. The average molecular weight is 216 g/mol. The summed E-state index contributed by atoms with van der Waals surface area (Å²) in [7, 11) is 0.